The summed E-state index contributed by atoms with van der Waals surface area (Å²) in [5.74, 6) is 1.52. The molecular formula is C19H27F3N4OS. The van der Waals surface area contributed by atoms with E-state index in [2.05, 4.69) is 21.8 Å². The molecule has 3 rings (SSSR count). The third kappa shape index (κ3) is 5.33. The summed E-state index contributed by atoms with van der Waals surface area (Å²) >= 11 is 1.09. The third-order valence-electron chi connectivity index (χ3n) is 5.53. The van der Waals surface area contributed by atoms with E-state index in [0.29, 0.717) is 16.1 Å². The number of thiophene rings is 1. The van der Waals surface area contributed by atoms with Crippen molar-refractivity contribution in [3.05, 3.63) is 17.3 Å². The van der Waals surface area contributed by atoms with Crippen molar-refractivity contribution in [1.82, 2.24) is 9.97 Å². The van der Waals surface area contributed by atoms with Gasteiger partial charge in [-0.05, 0) is 43.6 Å². The first-order valence-corrected chi connectivity index (χ1v) is 10.5. The predicted molar refractivity (Wildman–Crippen MR) is 106 cm³/mol. The number of nitrogens with zero attached hydrogens (tertiary/aromatic N) is 3. The Bertz CT molecular complexity index is 782. The highest BCUT2D eigenvalue weighted by Crippen LogP contribution is 2.35. The summed E-state index contributed by atoms with van der Waals surface area (Å²) in [4.78, 5) is 11.6. The molecular weight excluding hydrogens is 389 g/mol. The number of hydrogen-bond donors (Lipinski definition) is 2. The average Bonchev–Trinajstić information content (AvgIpc) is 2.89. The van der Waals surface area contributed by atoms with E-state index in [4.69, 9.17) is 5.73 Å². The molecule has 156 valence electrons. The van der Waals surface area contributed by atoms with Gasteiger partial charge in [0.25, 0.3) is 0 Å². The van der Waals surface area contributed by atoms with E-state index in [1.165, 1.54) is 6.33 Å². The Labute approximate surface area is 166 Å². The quantitative estimate of drug-likeness (QED) is 0.750. The topological polar surface area (TPSA) is 75.3 Å². The second-order valence-corrected chi connectivity index (χ2v) is 8.88. The minimum Gasteiger partial charge on any atom is -0.395 e. The minimum atomic E-state index is -4.23. The number of aromatic nitrogens is 2. The van der Waals surface area contributed by atoms with Gasteiger partial charge in [-0.3, -0.25) is 0 Å². The maximum Gasteiger partial charge on any atom is 0.393 e. The van der Waals surface area contributed by atoms with Crippen LogP contribution in [0.1, 0.15) is 37.5 Å². The molecule has 3 atom stereocenters. The Morgan fingerprint density at radius 1 is 1.32 bits per heavy atom. The highest BCUT2D eigenvalue weighted by Gasteiger charge is 2.29. The van der Waals surface area contributed by atoms with Gasteiger partial charge in [-0.1, -0.05) is 6.92 Å². The van der Waals surface area contributed by atoms with E-state index in [0.717, 1.165) is 55.9 Å². The molecule has 28 heavy (non-hydrogen) atoms. The zero-order valence-electron chi connectivity index (χ0n) is 16.0. The third-order valence-corrected chi connectivity index (χ3v) is 6.57. The van der Waals surface area contributed by atoms with Crippen molar-refractivity contribution in [2.75, 3.05) is 24.6 Å². The maximum absolute atomic E-state index is 12.7. The molecule has 2 aromatic rings. The molecule has 1 fully saturated rings. The predicted octanol–water partition coefficient (Wildman–Crippen LogP) is 3.75. The van der Waals surface area contributed by atoms with Gasteiger partial charge in [0, 0.05) is 24.0 Å². The average molecular weight is 417 g/mol. The number of hydrogen-bond acceptors (Lipinski definition) is 6. The van der Waals surface area contributed by atoms with E-state index < -0.39 is 12.6 Å². The fraction of sp³-hybridized carbons (Fsp3) is 0.684. The van der Waals surface area contributed by atoms with Crippen molar-refractivity contribution in [2.45, 2.75) is 51.2 Å². The first kappa shape index (κ1) is 21.3. The van der Waals surface area contributed by atoms with Crippen LogP contribution in [-0.2, 0) is 6.42 Å². The molecule has 2 unspecified atom stereocenters. The number of anilines is 1. The molecule has 3 N–H and O–H groups in total. The monoisotopic (exact) mass is 416 g/mol. The van der Waals surface area contributed by atoms with Crippen LogP contribution in [0.15, 0.2) is 12.4 Å². The lowest BCUT2D eigenvalue weighted by Crippen LogP contribution is -2.33. The van der Waals surface area contributed by atoms with Crippen LogP contribution in [0.25, 0.3) is 10.2 Å². The van der Waals surface area contributed by atoms with Crippen molar-refractivity contribution in [1.29, 1.82) is 0 Å². The summed E-state index contributed by atoms with van der Waals surface area (Å²) in [6.07, 6.45) is 0.314. The minimum absolute atomic E-state index is 0.00263. The second kappa shape index (κ2) is 8.92. The zero-order valence-corrected chi connectivity index (χ0v) is 16.8. The second-order valence-electron chi connectivity index (χ2n) is 7.76. The molecule has 0 saturated carbocycles. The number of aliphatic hydroxyl groups is 1. The Morgan fingerprint density at radius 2 is 2.11 bits per heavy atom. The van der Waals surface area contributed by atoms with Crippen LogP contribution in [-0.4, -0.2) is 47.0 Å². The lowest BCUT2D eigenvalue weighted by atomic mass is 9.87. The molecule has 0 radical (unpaired) electrons. The molecule has 0 aromatic carbocycles. The van der Waals surface area contributed by atoms with Gasteiger partial charge in [0.15, 0.2) is 0 Å². The molecule has 1 aliphatic heterocycles. The normalized spacial score (nSPS) is 20.9. The number of alkyl halides is 3. The first-order chi connectivity index (χ1) is 13.3. The van der Waals surface area contributed by atoms with Crippen LogP contribution >= 0.6 is 11.3 Å². The molecule has 0 aliphatic carbocycles. The van der Waals surface area contributed by atoms with Gasteiger partial charge in [-0.2, -0.15) is 13.2 Å². The lowest BCUT2D eigenvalue weighted by molar-refractivity contribution is -0.126. The van der Waals surface area contributed by atoms with Crippen molar-refractivity contribution in [3.8, 4) is 0 Å². The van der Waals surface area contributed by atoms with E-state index in [1.54, 1.807) is 6.07 Å². The van der Waals surface area contributed by atoms with Crippen LogP contribution in [0.2, 0.25) is 0 Å². The van der Waals surface area contributed by atoms with E-state index in [-0.39, 0.29) is 23.4 Å². The highest BCUT2D eigenvalue weighted by atomic mass is 32.1. The highest BCUT2D eigenvalue weighted by molar-refractivity contribution is 7.18. The maximum atomic E-state index is 12.7. The van der Waals surface area contributed by atoms with Gasteiger partial charge in [0.05, 0.1) is 18.4 Å². The SMILES string of the molecule is CC(CC1CCCN(c2ncnc3sc(CC(F)(F)F)cc23)CC1)[C@H](N)CO. The van der Waals surface area contributed by atoms with Gasteiger partial charge in [-0.25, -0.2) is 9.97 Å². The molecule has 1 saturated heterocycles. The van der Waals surface area contributed by atoms with Crippen LogP contribution < -0.4 is 10.6 Å². The Balaban J connectivity index is 1.72. The molecule has 2 aromatic heterocycles. The van der Waals surface area contributed by atoms with Gasteiger partial charge in [-0.15, -0.1) is 11.3 Å². The molecule has 5 nitrogen and oxygen atoms in total. The lowest BCUT2D eigenvalue weighted by Gasteiger charge is -2.24. The number of aliphatic hydroxyl groups excluding tert-OH is 1. The zero-order chi connectivity index (χ0) is 20.3. The van der Waals surface area contributed by atoms with Crippen molar-refractivity contribution in [3.63, 3.8) is 0 Å². The summed E-state index contributed by atoms with van der Waals surface area (Å²) in [6.45, 7) is 3.71. The molecule has 0 spiro atoms. The Morgan fingerprint density at radius 3 is 2.82 bits per heavy atom. The van der Waals surface area contributed by atoms with Gasteiger partial charge in [0.1, 0.15) is 17.0 Å². The standard InChI is InChI=1S/C19H27F3N4OS/c1-12(16(23)10-27)7-13-3-2-5-26(6-4-13)17-15-8-14(9-19(20,21)22)28-18(15)25-11-24-17/h8,11-13,16,27H,2-7,9-10,23H2,1H3/t12?,13?,16-/m1/s1. The van der Waals surface area contributed by atoms with Crippen molar-refractivity contribution < 1.29 is 18.3 Å². The van der Waals surface area contributed by atoms with Crippen LogP contribution in [0.3, 0.4) is 0 Å². The van der Waals surface area contributed by atoms with E-state index >= 15 is 0 Å². The molecule has 9 heteroatoms. The van der Waals surface area contributed by atoms with E-state index in [1.807, 2.05) is 0 Å². The van der Waals surface area contributed by atoms with Crippen LogP contribution in [0.5, 0.6) is 0 Å². The van der Waals surface area contributed by atoms with Gasteiger partial charge in [0.2, 0.25) is 0 Å². The number of halogens is 3. The molecule has 0 bridgehead atoms. The van der Waals surface area contributed by atoms with Crippen LogP contribution in [0, 0.1) is 11.8 Å². The fourth-order valence-electron chi connectivity index (χ4n) is 3.92. The van der Waals surface area contributed by atoms with Crippen LogP contribution in [0.4, 0.5) is 19.0 Å². The first-order valence-electron chi connectivity index (χ1n) is 9.68. The van der Waals surface area contributed by atoms with Crippen molar-refractivity contribution >= 4 is 27.4 Å². The summed E-state index contributed by atoms with van der Waals surface area (Å²) in [6, 6.07) is 1.40. The number of fused-ring (bicyclic) bond motifs is 1. The summed E-state index contributed by atoms with van der Waals surface area (Å²) in [5.41, 5.74) is 5.94. The Hall–Kier alpha value is -1.45. The summed E-state index contributed by atoms with van der Waals surface area (Å²) in [5, 5.41) is 9.95. The summed E-state index contributed by atoms with van der Waals surface area (Å²) < 4.78 is 38.2. The fourth-order valence-corrected chi connectivity index (χ4v) is 4.94. The molecule has 3 heterocycles. The smallest absolute Gasteiger partial charge is 0.393 e. The molecule has 0 amide bonds. The van der Waals surface area contributed by atoms with E-state index in [9.17, 15) is 18.3 Å². The van der Waals surface area contributed by atoms with Gasteiger partial charge < -0.3 is 15.7 Å². The number of rotatable bonds is 6. The van der Waals surface area contributed by atoms with Crippen molar-refractivity contribution in [2.24, 2.45) is 17.6 Å². The van der Waals surface area contributed by atoms with Gasteiger partial charge >= 0.3 is 6.18 Å². The molecule has 1 aliphatic rings. The largest absolute Gasteiger partial charge is 0.395 e. The summed E-state index contributed by atoms with van der Waals surface area (Å²) in [7, 11) is 0. The Kier molecular flexibility index (Phi) is 6.77. The number of nitrogens with two attached hydrogens (primary N) is 1.